The van der Waals surface area contributed by atoms with E-state index >= 15 is 0 Å². The van der Waals surface area contributed by atoms with Crippen LogP contribution in [0.25, 0.3) is 0 Å². The van der Waals surface area contributed by atoms with Crippen molar-refractivity contribution >= 4 is 17.5 Å². The fraction of sp³-hybridized carbons (Fsp3) is 0.462. The molecule has 0 aliphatic heterocycles. The summed E-state index contributed by atoms with van der Waals surface area (Å²) in [6.07, 6.45) is 0.955. The SMILES string of the molecule is CCC(C)NCC(=O)NCc1cccc(Cl)c1F. The summed E-state index contributed by atoms with van der Waals surface area (Å²) in [7, 11) is 0. The van der Waals surface area contributed by atoms with Crippen LogP contribution < -0.4 is 10.6 Å². The zero-order chi connectivity index (χ0) is 13.5. The first-order valence-corrected chi connectivity index (χ1v) is 6.35. The van der Waals surface area contributed by atoms with Crippen molar-refractivity contribution in [1.82, 2.24) is 10.6 Å². The Kier molecular flexibility index (Phi) is 6.09. The molecule has 1 aromatic rings. The van der Waals surface area contributed by atoms with Gasteiger partial charge in [-0.05, 0) is 19.4 Å². The number of amides is 1. The molecule has 0 saturated carbocycles. The summed E-state index contributed by atoms with van der Waals surface area (Å²) in [5.74, 6) is -0.635. The molecule has 0 aliphatic carbocycles. The lowest BCUT2D eigenvalue weighted by Crippen LogP contribution is -2.37. The number of carbonyl (C=O) groups is 1. The Morgan fingerprint density at radius 1 is 1.50 bits per heavy atom. The first-order chi connectivity index (χ1) is 8.54. The van der Waals surface area contributed by atoms with Crippen molar-refractivity contribution in [3.8, 4) is 0 Å². The third-order valence-corrected chi connectivity index (χ3v) is 3.02. The quantitative estimate of drug-likeness (QED) is 0.835. The van der Waals surface area contributed by atoms with Crippen molar-refractivity contribution in [3.05, 3.63) is 34.6 Å². The molecule has 0 aliphatic rings. The molecule has 0 heterocycles. The highest BCUT2D eigenvalue weighted by molar-refractivity contribution is 6.30. The number of carbonyl (C=O) groups excluding carboxylic acids is 1. The van der Waals surface area contributed by atoms with Gasteiger partial charge in [-0.3, -0.25) is 4.79 Å². The van der Waals surface area contributed by atoms with Crippen molar-refractivity contribution < 1.29 is 9.18 Å². The largest absolute Gasteiger partial charge is 0.351 e. The minimum absolute atomic E-state index is 0.0690. The Balaban J connectivity index is 2.41. The number of hydrogen-bond donors (Lipinski definition) is 2. The molecule has 1 atom stereocenters. The van der Waals surface area contributed by atoms with E-state index in [1.54, 1.807) is 12.1 Å². The first-order valence-electron chi connectivity index (χ1n) is 5.97. The fourth-order valence-electron chi connectivity index (χ4n) is 1.35. The summed E-state index contributed by atoms with van der Waals surface area (Å²) in [4.78, 5) is 11.5. The van der Waals surface area contributed by atoms with E-state index in [9.17, 15) is 9.18 Å². The predicted octanol–water partition coefficient (Wildman–Crippen LogP) is 2.48. The molecule has 5 heteroatoms. The molecule has 1 amide bonds. The average molecular weight is 273 g/mol. The topological polar surface area (TPSA) is 41.1 Å². The first kappa shape index (κ1) is 14.9. The molecule has 0 fully saturated rings. The third-order valence-electron chi connectivity index (χ3n) is 2.73. The van der Waals surface area contributed by atoms with E-state index in [2.05, 4.69) is 10.6 Å². The summed E-state index contributed by atoms with van der Waals surface area (Å²) in [6, 6.07) is 5.03. The van der Waals surface area contributed by atoms with E-state index in [0.717, 1.165) is 6.42 Å². The van der Waals surface area contributed by atoms with Gasteiger partial charge in [0.2, 0.25) is 5.91 Å². The van der Waals surface area contributed by atoms with E-state index in [-0.39, 0.29) is 24.0 Å². The lowest BCUT2D eigenvalue weighted by molar-refractivity contribution is -0.120. The second-order valence-corrected chi connectivity index (χ2v) is 4.59. The van der Waals surface area contributed by atoms with Gasteiger partial charge in [0.15, 0.2) is 0 Å². The van der Waals surface area contributed by atoms with Gasteiger partial charge < -0.3 is 10.6 Å². The van der Waals surface area contributed by atoms with Crippen LogP contribution in [0.2, 0.25) is 5.02 Å². The van der Waals surface area contributed by atoms with Crippen LogP contribution in [0.4, 0.5) is 4.39 Å². The Bertz CT molecular complexity index is 412. The van der Waals surface area contributed by atoms with Crippen LogP contribution in [0.3, 0.4) is 0 Å². The minimum Gasteiger partial charge on any atom is -0.351 e. The number of benzene rings is 1. The van der Waals surface area contributed by atoms with Gasteiger partial charge in [0.1, 0.15) is 5.82 Å². The smallest absolute Gasteiger partial charge is 0.234 e. The van der Waals surface area contributed by atoms with Gasteiger partial charge in [0.25, 0.3) is 0 Å². The highest BCUT2D eigenvalue weighted by atomic mass is 35.5. The van der Waals surface area contributed by atoms with Gasteiger partial charge in [-0.25, -0.2) is 4.39 Å². The van der Waals surface area contributed by atoms with E-state index in [4.69, 9.17) is 11.6 Å². The van der Waals surface area contributed by atoms with Crippen LogP contribution in [0, 0.1) is 5.82 Å². The Labute approximate surface area is 112 Å². The number of halogens is 2. The molecule has 1 aromatic carbocycles. The molecular weight excluding hydrogens is 255 g/mol. The average Bonchev–Trinajstić information content (AvgIpc) is 2.37. The maximum atomic E-state index is 13.5. The summed E-state index contributed by atoms with van der Waals surface area (Å²) < 4.78 is 13.5. The molecule has 0 bridgehead atoms. The maximum absolute atomic E-state index is 13.5. The molecule has 18 heavy (non-hydrogen) atoms. The van der Waals surface area contributed by atoms with Gasteiger partial charge in [-0.2, -0.15) is 0 Å². The molecule has 3 nitrogen and oxygen atoms in total. The van der Waals surface area contributed by atoms with Crippen molar-refractivity contribution in [1.29, 1.82) is 0 Å². The van der Waals surface area contributed by atoms with Gasteiger partial charge in [-0.15, -0.1) is 0 Å². The maximum Gasteiger partial charge on any atom is 0.234 e. The van der Waals surface area contributed by atoms with E-state index in [1.807, 2.05) is 13.8 Å². The molecule has 1 rings (SSSR count). The Hall–Kier alpha value is -1.13. The predicted molar refractivity (Wildman–Crippen MR) is 71.0 cm³/mol. The van der Waals surface area contributed by atoms with Gasteiger partial charge in [-0.1, -0.05) is 30.7 Å². The van der Waals surface area contributed by atoms with Gasteiger partial charge in [0.05, 0.1) is 11.6 Å². The number of hydrogen-bond acceptors (Lipinski definition) is 2. The summed E-state index contributed by atoms with van der Waals surface area (Å²) >= 11 is 5.65. The normalized spacial score (nSPS) is 12.2. The summed E-state index contributed by atoms with van der Waals surface area (Å²) in [5.41, 5.74) is 0.388. The standard InChI is InChI=1S/C13H18ClFN2O/c1-3-9(2)16-8-12(18)17-7-10-5-4-6-11(14)13(10)15/h4-6,9,16H,3,7-8H2,1-2H3,(H,17,18). The number of rotatable bonds is 6. The minimum atomic E-state index is -0.477. The van der Waals surface area contributed by atoms with Crippen molar-refractivity contribution in [2.75, 3.05) is 6.54 Å². The van der Waals surface area contributed by atoms with Crippen LogP contribution in [0.15, 0.2) is 18.2 Å². The van der Waals surface area contributed by atoms with E-state index in [0.29, 0.717) is 11.6 Å². The molecule has 0 spiro atoms. The van der Waals surface area contributed by atoms with Crippen molar-refractivity contribution in [2.24, 2.45) is 0 Å². The zero-order valence-corrected chi connectivity index (χ0v) is 11.4. The number of nitrogens with one attached hydrogen (secondary N) is 2. The molecule has 100 valence electrons. The van der Waals surface area contributed by atoms with Crippen LogP contribution in [0.5, 0.6) is 0 Å². The molecule has 2 N–H and O–H groups in total. The molecule has 0 radical (unpaired) electrons. The van der Waals surface area contributed by atoms with Crippen LogP contribution in [0.1, 0.15) is 25.8 Å². The van der Waals surface area contributed by atoms with Gasteiger partial charge >= 0.3 is 0 Å². The Morgan fingerprint density at radius 3 is 2.89 bits per heavy atom. The third kappa shape index (κ3) is 4.63. The fourth-order valence-corrected chi connectivity index (χ4v) is 1.55. The summed E-state index contributed by atoms with van der Waals surface area (Å²) in [5, 5.41) is 5.78. The van der Waals surface area contributed by atoms with Crippen LogP contribution in [-0.2, 0) is 11.3 Å². The molecule has 1 unspecified atom stereocenters. The van der Waals surface area contributed by atoms with Gasteiger partial charge in [0, 0.05) is 18.2 Å². The van der Waals surface area contributed by atoms with E-state index < -0.39 is 5.82 Å². The lowest BCUT2D eigenvalue weighted by Gasteiger charge is -2.11. The van der Waals surface area contributed by atoms with Crippen molar-refractivity contribution in [3.63, 3.8) is 0 Å². The lowest BCUT2D eigenvalue weighted by atomic mass is 10.2. The second-order valence-electron chi connectivity index (χ2n) is 4.18. The van der Waals surface area contributed by atoms with Crippen LogP contribution >= 0.6 is 11.6 Å². The molecule has 0 saturated heterocycles. The Morgan fingerprint density at radius 2 is 2.22 bits per heavy atom. The molecule has 0 aromatic heterocycles. The second kappa shape index (κ2) is 7.34. The molecular formula is C13H18ClFN2O. The van der Waals surface area contributed by atoms with Crippen LogP contribution in [-0.4, -0.2) is 18.5 Å². The summed E-state index contributed by atoms with van der Waals surface area (Å²) in [6.45, 7) is 4.42. The monoisotopic (exact) mass is 272 g/mol. The highest BCUT2D eigenvalue weighted by Crippen LogP contribution is 2.17. The van der Waals surface area contributed by atoms with Crippen molar-refractivity contribution in [2.45, 2.75) is 32.9 Å². The van der Waals surface area contributed by atoms with E-state index in [1.165, 1.54) is 6.07 Å². The highest BCUT2D eigenvalue weighted by Gasteiger charge is 2.08. The zero-order valence-electron chi connectivity index (χ0n) is 10.6.